The van der Waals surface area contributed by atoms with Crippen LogP contribution in [0.4, 0.5) is 0 Å². The summed E-state index contributed by atoms with van der Waals surface area (Å²) >= 11 is 0. The number of allylic oxidation sites excluding steroid dienone is 1. The predicted octanol–water partition coefficient (Wildman–Crippen LogP) is 5.40. The molecule has 0 unspecified atom stereocenters. The summed E-state index contributed by atoms with van der Waals surface area (Å²) in [5, 5.41) is 0. The number of hydrogen-bond acceptors (Lipinski definition) is 3. The molecule has 1 saturated heterocycles. The molecule has 0 aliphatic carbocycles. The normalized spacial score (nSPS) is 15.1. The number of fused-ring (bicyclic) bond motifs is 1. The number of imidazole rings is 1. The zero-order valence-electron chi connectivity index (χ0n) is 21.4. The van der Waals surface area contributed by atoms with Crippen molar-refractivity contribution in [3.05, 3.63) is 113 Å². The van der Waals surface area contributed by atoms with Gasteiger partial charge in [0.05, 0.1) is 17.1 Å². The Bertz CT molecular complexity index is 1340. The first-order chi connectivity index (χ1) is 17.5. The third kappa shape index (κ3) is 4.95. The van der Waals surface area contributed by atoms with E-state index in [1.165, 1.54) is 11.1 Å². The summed E-state index contributed by atoms with van der Waals surface area (Å²) in [6.45, 7) is 13.8. The first-order valence-electron chi connectivity index (χ1n) is 13.0. The summed E-state index contributed by atoms with van der Waals surface area (Å²) in [6, 6.07) is 28.2. The van der Waals surface area contributed by atoms with E-state index in [2.05, 4.69) is 102 Å². The average molecular weight is 481 g/mol. The van der Waals surface area contributed by atoms with E-state index in [1.807, 2.05) is 11.5 Å². The molecule has 1 aliphatic rings. The van der Waals surface area contributed by atoms with Crippen LogP contribution in [0.3, 0.4) is 0 Å². The predicted molar refractivity (Wildman–Crippen MR) is 149 cm³/mol. The Kier molecular flexibility index (Phi) is 7.21. The second kappa shape index (κ2) is 10.7. The Morgan fingerprint density at radius 3 is 2.03 bits per heavy atom. The van der Waals surface area contributed by atoms with E-state index >= 15 is 0 Å². The number of benzene rings is 3. The molecule has 0 amide bonds. The summed E-state index contributed by atoms with van der Waals surface area (Å²) in [6.07, 6.45) is 0.948. The molecule has 1 fully saturated rings. The standard InChI is InChI=1S/C31H36N4O/c1-24(2)35-29-23-25(3)15-16-28(29)34(31(35)36)18-10-17-32-19-21-33(22-20-32)30(26-11-6-4-7-12-26)27-13-8-5-9-14-27/h4-9,11-16,23,30H,1,10,17-22H2,2-3H3. The first-order valence-corrected chi connectivity index (χ1v) is 13.0. The molecule has 5 heteroatoms. The number of piperazine rings is 1. The molecule has 0 bridgehead atoms. The molecule has 1 aliphatic heterocycles. The van der Waals surface area contributed by atoms with Crippen molar-refractivity contribution in [2.24, 2.45) is 0 Å². The van der Waals surface area contributed by atoms with E-state index < -0.39 is 0 Å². The van der Waals surface area contributed by atoms with Crippen LogP contribution in [0.5, 0.6) is 0 Å². The van der Waals surface area contributed by atoms with E-state index in [0.29, 0.717) is 0 Å². The minimum Gasteiger partial charge on any atom is -0.301 e. The number of rotatable bonds is 8. The fourth-order valence-electron chi connectivity index (χ4n) is 5.53. The zero-order chi connectivity index (χ0) is 25.1. The Morgan fingerprint density at radius 2 is 1.44 bits per heavy atom. The Morgan fingerprint density at radius 1 is 0.833 bits per heavy atom. The van der Waals surface area contributed by atoms with Crippen LogP contribution in [0.25, 0.3) is 16.7 Å². The molecule has 5 rings (SSSR count). The van der Waals surface area contributed by atoms with Crippen molar-refractivity contribution < 1.29 is 0 Å². The molecule has 0 spiro atoms. The van der Waals surface area contributed by atoms with Gasteiger partial charge in [-0.25, -0.2) is 4.79 Å². The average Bonchev–Trinajstić information content (AvgIpc) is 3.17. The van der Waals surface area contributed by atoms with Crippen molar-refractivity contribution in [3.8, 4) is 0 Å². The van der Waals surface area contributed by atoms with Crippen molar-refractivity contribution in [2.45, 2.75) is 32.9 Å². The van der Waals surface area contributed by atoms with E-state index in [1.54, 1.807) is 4.57 Å². The summed E-state index contributed by atoms with van der Waals surface area (Å²) in [4.78, 5) is 18.3. The van der Waals surface area contributed by atoms with Crippen LogP contribution in [0.15, 0.2) is 90.2 Å². The minimum absolute atomic E-state index is 0.0153. The minimum atomic E-state index is 0.0153. The second-order valence-corrected chi connectivity index (χ2v) is 9.95. The van der Waals surface area contributed by atoms with Crippen LogP contribution in [0.1, 0.15) is 36.1 Å². The maximum atomic E-state index is 13.2. The number of aromatic nitrogens is 2. The maximum absolute atomic E-state index is 13.2. The lowest BCUT2D eigenvalue weighted by Gasteiger charge is -2.39. The topological polar surface area (TPSA) is 33.4 Å². The maximum Gasteiger partial charge on any atom is 0.333 e. The highest BCUT2D eigenvalue weighted by Crippen LogP contribution is 2.29. The Hall–Kier alpha value is -3.41. The fraction of sp³-hybridized carbons (Fsp3) is 0.323. The summed E-state index contributed by atoms with van der Waals surface area (Å²) in [5.41, 5.74) is 6.57. The number of hydrogen-bond donors (Lipinski definition) is 0. The van der Waals surface area contributed by atoms with Gasteiger partial charge < -0.3 is 4.90 Å². The van der Waals surface area contributed by atoms with E-state index in [-0.39, 0.29) is 11.7 Å². The van der Waals surface area contributed by atoms with Crippen LogP contribution in [-0.4, -0.2) is 51.7 Å². The van der Waals surface area contributed by atoms with Crippen LogP contribution in [-0.2, 0) is 6.54 Å². The molecule has 36 heavy (non-hydrogen) atoms. The third-order valence-electron chi connectivity index (χ3n) is 7.33. The smallest absolute Gasteiger partial charge is 0.301 e. The third-order valence-corrected chi connectivity index (χ3v) is 7.33. The molecule has 0 atom stereocenters. The fourth-order valence-corrected chi connectivity index (χ4v) is 5.53. The van der Waals surface area contributed by atoms with E-state index in [0.717, 1.165) is 68.0 Å². The molecule has 186 valence electrons. The highest BCUT2D eigenvalue weighted by atomic mass is 16.1. The lowest BCUT2D eigenvalue weighted by Crippen LogP contribution is -2.48. The van der Waals surface area contributed by atoms with Gasteiger partial charge in [0, 0.05) is 38.4 Å². The monoisotopic (exact) mass is 480 g/mol. The molecule has 3 aromatic carbocycles. The quantitative estimate of drug-likeness (QED) is 0.339. The number of nitrogens with zero attached hydrogens (tertiary/aromatic N) is 4. The van der Waals surface area contributed by atoms with Crippen molar-refractivity contribution >= 4 is 16.7 Å². The van der Waals surface area contributed by atoms with Crippen molar-refractivity contribution in [1.29, 1.82) is 0 Å². The highest BCUT2D eigenvalue weighted by molar-refractivity contribution is 5.80. The molecular formula is C31H36N4O. The van der Waals surface area contributed by atoms with Crippen molar-refractivity contribution in [1.82, 2.24) is 18.9 Å². The first kappa shape index (κ1) is 24.3. The van der Waals surface area contributed by atoms with Gasteiger partial charge in [0.2, 0.25) is 0 Å². The number of aryl methyl sites for hydroxylation is 2. The van der Waals surface area contributed by atoms with Gasteiger partial charge in [-0.1, -0.05) is 73.3 Å². The Labute approximate surface area is 213 Å². The van der Waals surface area contributed by atoms with Gasteiger partial charge >= 0.3 is 5.69 Å². The van der Waals surface area contributed by atoms with Crippen LogP contribution >= 0.6 is 0 Å². The molecule has 0 N–H and O–H groups in total. The molecular weight excluding hydrogens is 444 g/mol. The van der Waals surface area contributed by atoms with Crippen LogP contribution in [0.2, 0.25) is 0 Å². The molecule has 2 heterocycles. The second-order valence-electron chi connectivity index (χ2n) is 9.95. The lowest BCUT2D eigenvalue weighted by atomic mass is 9.96. The molecule has 0 radical (unpaired) electrons. The van der Waals surface area contributed by atoms with Crippen LogP contribution < -0.4 is 5.69 Å². The molecule has 4 aromatic rings. The summed E-state index contributed by atoms with van der Waals surface area (Å²) in [5.74, 6) is 0. The van der Waals surface area contributed by atoms with Gasteiger partial charge in [-0.15, -0.1) is 0 Å². The lowest BCUT2D eigenvalue weighted by molar-refractivity contribution is 0.108. The van der Waals surface area contributed by atoms with Gasteiger partial charge in [-0.05, 0) is 55.6 Å². The van der Waals surface area contributed by atoms with Crippen molar-refractivity contribution in [3.63, 3.8) is 0 Å². The summed E-state index contributed by atoms with van der Waals surface area (Å²) < 4.78 is 3.66. The van der Waals surface area contributed by atoms with Gasteiger partial charge in [-0.2, -0.15) is 0 Å². The summed E-state index contributed by atoms with van der Waals surface area (Å²) in [7, 11) is 0. The van der Waals surface area contributed by atoms with Crippen LogP contribution in [0, 0.1) is 6.92 Å². The van der Waals surface area contributed by atoms with Gasteiger partial charge in [0.25, 0.3) is 0 Å². The van der Waals surface area contributed by atoms with Gasteiger partial charge in [0.1, 0.15) is 0 Å². The molecule has 0 saturated carbocycles. The Balaban J connectivity index is 1.24. The SMILES string of the molecule is C=C(C)n1c(=O)n(CCCN2CCN(C(c3ccccc3)c3ccccc3)CC2)c2ccc(C)cc21. The largest absolute Gasteiger partial charge is 0.333 e. The van der Waals surface area contributed by atoms with E-state index in [9.17, 15) is 4.79 Å². The zero-order valence-corrected chi connectivity index (χ0v) is 21.4. The molecule has 1 aromatic heterocycles. The molecule has 5 nitrogen and oxygen atoms in total. The van der Waals surface area contributed by atoms with Gasteiger partial charge in [-0.3, -0.25) is 14.0 Å². The van der Waals surface area contributed by atoms with E-state index in [4.69, 9.17) is 0 Å². The van der Waals surface area contributed by atoms with Gasteiger partial charge in [0.15, 0.2) is 0 Å². The highest BCUT2D eigenvalue weighted by Gasteiger charge is 2.26. The van der Waals surface area contributed by atoms with Crippen molar-refractivity contribution in [2.75, 3.05) is 32.7 Å².